The molecule has 28 heavy (non-hydrogen) atoms. The highest BCUT2D eigenvalue weighted by molar-refractivity contribution is 6.03. The molecule has 1 N–H and O–H groups in total. The highest BCUT2D eigenvalue weighted by atomic mass is 16.5. The lowest BCUT2D eigenvalue weighted by molar-refractivity contribution is 0.102. The third-order valence-corrected chi connectivity index (χ3v) is 4.25. The Morgan fingerprint density at radius 1 is 0.964 bits per heavy atom. The van der Waals surface area contributed by atoms with E-state index in [2.05, 4.69) is 15.4 Å². The number of amides is 1. The summed E-state index contributed by atoms with van der Waals surface area (Å²) in [6.07, 6.45) is 3.43. The smallest absolute Gasteiger partial charge is 0.276 e. The predicted octanol–water partition coefficient (Wildman–Crippen LogP) is 4.20. The number of anilines is 1. The number of aromatic nitrogens is 3. The van der Waals surface area contributed by atoms with E-state index in [0.29, 0.717) is 17.1 Å². The number of methoxy groups -OCH3 is 1. The van der Waals surface area contributed by atoms with E-state index < -0.39 is 0 Å². The van der Waals surface area contributed by atoms with Gasteiger partial charge in [0.15, 0.2) is 5.69 Å². The van der Waals surface area contributed by atoms with Gasteiger partial charge in [0.2, 0.25) is 0 Å². The van der Waals surface area contributed by atoms with Crippen molar-refractivity contribution in [2.24, 2.45) is 0 Å². The molecule has 138 valence electrons. The molecule has 2 heterocycles. The predicted molar refractivity (Wildman–Crippen MR) is 108 cm³/mol. The first-order valence-corrected chi connectivity index (χ1v) is 8.76. The third-order valence-electron chi connectivity index (χ3n) is 4.25. The molecule has 0 spiro atoms. The van der Waals surface area contributed by atoms with Crippen molar-refractivity contribution in [2.45, 2.75) is 0 Å². The number of pyridine rings is 1. The first kappa shape index (κ1) is 17.5. The molecule has 0 aliphatic heterocycles. The van der Waals surface area contributed by atoms with Crippen LogP contribution in [0.15, 0.2) is 85.2 Å². The lowest BCUT2D eigenvalue weighted by Crippen LogP contribution is -2.13. The van der Waals surface area contributed by atoms with Crippen LogP contribution in [0.2, 0.25) is 0 Å². The SMILES string of the molecule is COc1cccc(NC(=O)c2cc(-c3ccncc3)n(-c3ccccc3)n2)c1. The van der Waals surface area contributed by atoms with Crippen LogP contribution in [-0.4, -0.2) is 27.8 Å². The van der Waals surface area contributed by atoms with Gasteiger partial charge in [0.25, 0.3) is 5.91 Å². The molecule has 0 fully saturated rings. The van der Waals surface area contributed by atoms with Crippen molar-refractivity contribution in [3.63, 3.8) is 0 Å². The summed E-state index contributed by atoms with van der Waals surface area (Å²) >= 11 is 0. The highest BCUT2D eigenvalue weighted by Gasteiger charge is 2.17. The van der Waals surface area contributed by atoms with Gasteiger partial charge in [-0.3, -0.25) is 9.78 Å². The van der Waals surface area contributed by atoms with Gasteiger partial charge in [0.05, 0.1) is 18.5 Å². The molecule has 0 atom stereocenters. The summed E-state index contributed by atoms with van der Waals surface area (Å²) in [5.74, 6) is 0.378. The van der Waals surface area contributed by atoms with E-state index in [1.807, 2.05) is 54.6 Å². The van der Waals surface area contributed by atoms with Crippen molar-refractivity contribution in [3.05, 3.63) is 90.9 Å². The summed E-state index contributed by atoms with van der Waals surface area (Å²) in [6.45, 7) is 0. The van der Waals surface area contributed by atoms with Crippen LogP contribution in [0.1, 0.15) is 10.5 Å². The fourth-order valence-corrected chi connectivity index (χ4v) is 2.88. The summed E-state index contributed by atoms with van der Waals surface area (Å²) in [5.41, 5.74) is 3.56. The number of para-hydroxylation sites is 1. The number of hydrogen-bond acceptors (Lipinski definition) is 4. The molecule has 0 radical (unpaired) electrons. The van der Waals surface area contributed by atoms with Gasteiger partial charge >= 0.3 is 0 Å². The Hall–Kier alpha value is -3.93. The molecule has 4 aromatic rings. The molecule has 1 amide bonds. The molecule has 2 aromatic heterocycles. The van der Waals surface area contributed by atoms with E-state index in [4.69, 9.17) is 4.74 Å². The molecule has 0 aliphatic carbocycles. The summed E-state index contributed by atoms with van der Waals surface area (Å²) in [7, 11) is 1.59. The van der Waals surface area contributed by atoms with Gasteiger partial charge in [-0.1, -0.05) is 24.3 Å². The van der Waals surface area contributed by atoms with Gasteiger partial charge in [-0.25, -0.2) is 4.68 Å². The fraction of sp³-hybridized carbons (Fsp3) is 0.0455. The molecule has 6 nitrogen and oxygen atoms in total. The number of nitrogens with one attached hydrogen (secondary N) is 1. The number of ether oxygens (including phenoxy) is 1. The number of rotatable bonds is 5. The van der Waals surface area contributed by atoms with E-state index in [0.717, 1.165) is 16.9 Å². The average Bonchev–Trinajstić information content (AvgIpc) is 3.21. The van der Waals surface area contributed by atoms with Crippen LogP contribution in [0, 0.1) is 0 Å². The molecule has 0 aliphatic rings. The van der Waals surface area contributed by atoms with Gasteiger partial charge in [0, 0.05) is 29.7 Å². The van der Waals surface area contributed by atoms with Crippen LogP contribution in [0.5, 0.6) is 5.75 Å². The van der Waals surface area contributed by atoms with Crippen LogP contribution >= 0.6 is 0 Å². The number of benzene rings is 2. The van der Waals surface area contributed by atoms with Crippen LogP contribution in [0.3, 0.4) is 0 Å². The second-order valence-corrected chi connectivity index (χ2v) is 6.08. The Morgan fingerprint density at radius 3 is 2.50 bits per heavy atom. The summed E-state index contributed by atoms with van der Waals surface area (Å²) in [6, 6.07) is 22.5. The first-order chi connectivity index (χ1) is 13.7. The lowest BCUT2D eigenvalue weighted by atomic mass is 10.2. The van der Waals surface area contributed by atoms with E-state index in [1.54, 1.807) is 42.4 Å². The normalized spacial score (nSPS) is 10.5. The summed E-state index contributed by atoms with van der Waals surface area (Å²) in [5, 5.41) is 7.42. The monoisotopic (exact) mass is 370 g/mol. The van der Waals surface area contributed by atoms with Crippen molar-refractivity contribution in [2.75, 3.05) is 12.4 Å². The standard InChI is InChI=1S/C22H18N4O2/c1-28-19-9-5-6-17(14-19)24-22(27)20-15-21(16-10-12-23-13-11-16)26(25-20)18-7-3-2-4-8-18/h2-15H,1H3,(H,24,27). The zero-order chi connectivity index (χ0) is 19.3. The zero-order valence-electron chi connectivity index (χ0n) is 15.2. The first-order valence-electron chi connectivity index (χ1n) is 8.76. The largest absolute Gasteiger partial charge is 0.497 e. The third kappa shape index (κ3) is 3.61. The number of carbonyl (C=O) groups excluding carboxylic acids is 1. The Kier molecular flexibility index (Phi) is 4.84. The molecule has 0 unspecified atom stereocenters. The molecular formula is C22H18N4O2. The quantitative estimate of drug-likeness (QED) is 0.572. The fourth-order valence-electron chi connectivity index (χ4n) is 2.88. The minimum absolute atomic E-state index is 0.293. The van der Waals surface area contributed by atoms with Crippen molar-refractivity contribution < 1.29 is 9.53 Å². The van der Waals surface area contributed by atoms with E-state index in [9.17, 15) is 4.79 Å². The minimum Gasteiger partial charge on any atom is -0.497 e. The lowest BCUT2D eigenvalue weighted by Gasteiger charge is -2.07. The molecular weight excluding hydrogens is 352 g/mol. The van der Waals surface area contributed by atoms with Gasteiger partial charge in [-0.05, 0) is 42.5 Å². The second-order valence-electron chi connectivity index (χ2n) is 6.08. The highest BCUT2D eigenvalue weighted by Crippen LogP contribution is 2.24. The number of carbonyl (C=O) groups is 1. The Labute approximate surface area is 162 Å². The van der Waals surface area contributed by atoms with Gasteiger partial charge in [0.1, 0.15) is 5.75 Å². The van der Waals surface area contributed by atoms with Gasteiger partial charge in [-0.15, -0.1) is 0 Å². The van der Waals surface area contributed by atoms with E-state index >= 15 is 0 Å². The Morgan fingerprint density at radius 2 is 1.75 bits per heavy atom. The number of hydrogen-bond donors (Lipinski definition) is 1. The van der Waals surface area contributed by atoms with Crippen molar-refractivity contribution in [1.29, 1.82) is 0 Å². The van der Waals surface area contributed by atoms with Crippen molar-refractivity contribution >= 4 is 11.6 Å². The molecule has 2 aromatic carbocycles. The maximum atomic E-state index is 12.8. The van der Waals surface area contributed by atoms with Crippen LogP contribution in [0.25, 0.3) is 16.9 Å². The Bertz CT molecular complexity index is 1030. The zero-order valence-corrected chi connectivity index (χ0v) is 15.2. The van der Waals surface area contributed by atoms with Gasteiger partial charge < -0.3 is 10.1 Å². The van der Waals surface area contributed by atoms with Crippen LogP contribution in [0.4, 0.5) is 5.69 Å². The molecule has 0 bridgehead atoms. The molecule has 6 heteroatoms. The van der Waals surface area contributed by atoms with E-state index in [-0.39, 0.29) is 5.91 Å². The second kappa shape index (κ2) is 7.75. The van der Waals surface area contributed by atoms with Gasteiger partial charge in [-0.2, -0.15) is 5.10 Å². The maximum absolute atomic E-state index is 12.8. The maximum Gasteiger partial charge on any atom is 0.276 e. The Balaban J connectivity index is 1.71. The average molecular weight is 370 g/mol. The topological polar surface area (TPSA) is 69.0 Å². The summed E-state index contributed by atoms with van der Waals surface area (Å²) < 4.78 is 6.96. The molecule has 4 rings (SSSR count). The molecule has 0 saturated heterocycles. The van der Waals surface area contributed by atoms with Crippen LogP contribution in [-0.2, 0) is 0 Å². The molecule has 0 saturated carbocycles. The van der Waals surface area contributed by atoms with Crippen LogP contribution < -0.4 is 10.1 Å². The number of nitrogens with zero attached hydrogens (tertiary/aromatic N) is 3. The van der Waals surface area contributed by atoms with Crippen molar-refractivity contribution in [3.8, 4) is 22.7 Å². The minimum atomic E-state index is -0.293. The van der Waals surface area contributed by atoms with E-state index in [1.165, 1.54) is 0 Å². The summed E-state index contributed by atoms with van der Waals surface area (Å²) in [4.78, 5) is 16.9. The van der Waals surface area contributed by atoms with Crippen molar-refractivity contribution in [1.82, 2.24) is 14.8 Å².